The molecule has 0 saturated carbocycles. The number of benzene rings is 2. The first-order valence-electron chi connectivity index (χ1n) is 11.1. The van der Waals surface area contributed by atoms with E-state index in [1.807, 2.05) is 12.1 Å². The highest BCUT2D eigenvalue weighted by molar-refractivity contribution is 7.17. The van der Waals surface area contributed by atoms with Gasteiger partial charge in [0.2, 0.25) is 6.29 Å². The molecule has 0 aliphatic carbocycles. The molecule has 3 aromatic rings. The zero-order valence-corrected chi connectivity index (χ0v) is 19.7. The summed E-state index contributed by atoms with van der Waals surface area (Å²) in [5.74, 6) is 0.439. The monoisotopic (exact) mass is 488 g/mol. The van der Waals surface area contributed by atoms with Crippen LogP contribution in [0.5, 0.6) is 5.75 Å². The normalized spacial score (nSPS) is 24.7. The second-order valence-electron chi connectivity index (χ2n) is 8.21. The molecule has 1 fully saturated rings. The molecule has 0 amide bonds. The van der Waals surface area contributed by atoms with Crippen LogP contribution in [0.3, 0.4) is 0 Å². The second kappa shape index (κ2) is 10.7. The first-order valence-corrected chi connectivity index (χ1v) is 11.9. The van der Waals surface area contributed by atoms with Gasteiger partial charge >= 0.3 is 6.16 Å². The van der Waals surface area contributed by atoms with E-state index in [2.05, 4.69) is 41.3 Å². The van der Waals surface area contributed by atoms with Gasteiger partial charge in [0.05, 0.1) is 6.61 Å². The molecule has 1 aromatic heterocycles. The minimum Gasteiger partial charge on any atom is -0.462 e. The van der Waals surface area contributed by atoms with Crippen molar-refractivity contribution in [3.63, 3.8) is 0 Å². The van der Waals surface area contributed by atoms with Gasteiger partial charge in [0.15, 0.2) is 0 Å². The van der Waals surface area contributed by atoms with Crippen molar-refractivity contribution in [2.24, 2.45) is 0 Å². The summed E-state index contributed by atoms with van der Waals surface area (Å²) < 4.78 is 22.0. The third-order valence-corrected chi connectivity index (χ3v) is 6.68. The number of carbonyl (C=O) groups excluding carboxylic acids is 1. The molecule has 182 valence electrons. The van der Waals surface area contributed by atoms with Crippen molar-refractivity contribution < 1.29 is 39.1 Å². The van der Waals surface area contributed by atoms with Crippen LogP contribution in [0.1, 0.15) is 23.6 Å². The molecule has 3 N–H and O–H groups in total. The molecular formula is C25H28O8S. The van der Waals surface area contributed by atoms with Crippen molar-refractivity contribution in [3.8, 4) is 5.75 Å². The average molecular weight is 489 g/mol. The lowest BCUT2D eigenvalue weighted by Crippen LogP contribution is -2.60. The van der Waals surface area contributed by atoms with Crippen molar-refractivity contribution in [2.45, 2.75) is 51.0 Å². The molecular weight excluding hydrogens is 460 g/mol. The quantitative estimate of drug-likeness (QED) is 0.435. The Kier molecular flexibility index (Phi) is 7.70. The largest absolute Gasteiger partial charge is 0.508 e. The SMILES string of the molecule is CCOC(=O)OC[C@H]1O[C@@H](Oc2ccc3c(Cc4ccc(C)cc4)csc3c2)[C@H](O)[C@@H](O)[C@@H]1O. The van der Waals surface area contributed by atoms with E-state index < -0.39 is 36.9 Å². The highest BCUT2D eigenvalue weighted by Crippen LogP contribution is 2.32. The average Bonchev–Trinajstić information content (AvgIpc) is 3.22. The number of thiophene rings is 1. The summed E-state index contributed by atoms with van der Waals surface area (Å²) in [5.41, 5.74) is 3.66. The maximum atomic E-state index is 11.4. The van der Waals surface area contributed by atoms with E-state index in [0.29, 0.717) is 5.75 Å². The zero-order valence-electron chi connectivity index (χ0n) is 18.9. The number of rotatable bonds is 7. The molecule has 0 unspecified atom stereocenters. The van der Waals surface area contributed by atoms with Crippen molar-refractivity contribution in [1.29, 1.82) is 0 Å². The first-order chi connectivity index (χ1) is 16.4. The van der Waals surface area contributed by atoms with E-state index in [4.69, 9.17) is 14.2 Å². The number of hydrogen-bond donors (Lipinski definition) is 3. The summed E-state index contributed by atoms with van der Waals surface area (Å²) in [6.45, 7) is 3.47. The summed E-state index contributed by atoms with van der Waals surface area (Å²) in [7, 11) is 0. The lowest BCUT2D eigenvalue weighted by atomic mass is 9.99. The van der Waals surface area contributed by atoms with E-state index in [1.165, 1.54) is 16.7 Å². The van der Waals surface area contributed by atoms with Crippen molar-refractivity contribution in [1.82, 2.24) is 0 Å². The molecule has 0 bridgehead atoms. The Balaban J connectivity index is 1.45. The fraction of sp³-hybridized carbons (Fsp3) is 0.400. The summed E-state index contributed by atoms with van der Waals surface area (Å²) in [4.78, 5) is 11.4. The first kappa shape index (κ1) is 24.4. The fourth-order valence-electron chi connectivity index (χ4n) is 3.79. The molecule has 1 aliphatic heterocycles. The minimum atomic E-state index is -1.54. The lowest BCUT2D eigenvalue weighted by Gasteiger charge is -2.39. The Morgan fingerprint density at radius 1 is 1.03 bits per heavy atom. The van der Waals surface area contributed by atoms with Gasteiger partial charge in [-0.2, -0.15) is 0 Å². The molecule has 1 aliphatic rings. The molecule has 5 atom stereocenters. The third kappa shape index (κ3) is 5.51. The third-order valence-electron chi connectivity index (χ3n) is 5.69. The summed E-state index contributed by atoms with van der Waals surface area (Å²) in [6, 6.07) is 14.0. The lowest BCUT2D eigenvalue weighted by molar-refractivity contribution is -0.277. The number of ether oxygens (including phenoxy) is 4. The Morgan fingerprint density at radius 3 is 2.53 bits per heavy atom. The molecule has 0 radical (unpaired) electrons. The van der Waals surface area contributed by atoms with Crippen LogP contribution >= 0.6 is 11.3 Å². The standard InChI is InChI=1S/C25H28O8S/c1-3-30-25(29)31-12-19-21(26)22(27)23(28)24(33-19)32-17-8-9-18-16(13-34-20(18)11-17)10-15-6-4-14(2)5-7-15/h4-9,11,13,19,21-24,26-28H,3,10,12H2,1-2H3/t19-,21-,22+,23-,24-/m1/s1. The van der Waals surface area contributed by atoms with E-state index in [-0.39, 0.29) is 13.2 Å². The van der Waals surface area contributed by atoms with Crippen LogP contribution < -0.4 is 4.74 Å². The van der Waals surface area contributed by atoms with Gasteiger partial charge < -0.3 is 34.3 Å². The van der Waals surface area contributed by atoms with Gasteiger partial charge in [-0.15, -0.1) is 11.3 Å². The summed E-state index contributed by atoms with van der Waals surface area (Å²) >= 11 is 1.59. The Morgan fingerprint density at radius 2 is 1.79 bits per heavy atom. The van der Waals surface area contributed by atoms with E-state index >= 15 is 0 Å². The predicted octanol–water partition coefficient (Wildman–Crippen LogP) is 3.16. The van der Waals surface area contributed by atoms with Gasteiger partial charge in [0.1, 0.15) is 36.8 Å². The van der Waals surface area contributed by atoms with Crippen LogP contribution in [0.2, 0.25) is 0 Å². The van der Waals surface area contributed by atoms with Crippen molar-refractivity contribution in [2.75, 3.05) is 13.2 Å². The molecule has 1 saturated heterocycles. The maximum Gasteiger partial charge on any atom is 0.508 e. The van der Waals surface area contributed by atoms with Crippen LogP contribution in [-0.2, 0) is 20.6 Å². The number of fused-ring (bicyclic) bond motifs is 1. The number of aliphatic hydroxyl groups excluding tert-OH is 3. The predicted molar refractivity (Wildman–Crippen MR) is 126 cm³/mol. The topological polar surface area (TPSA) is 115 Å². The fourth-order valence-corrected chi connectivity index (χ4v) is 4.78. The summed E-state index contributed by atoms with van der Waals surface area (Å²) in [5, 5.41) is 34.0. The van der Waals surface area contributed by atoms with Gasteiger partial charge in [-0.1, -0.05) is 29.8 Å². The van der Waals surface area contributed by atoms with Gasteiger partial charge in [-0.3, -0.25) is 0 Å². The van der Waals surface area contributed by atoms with E-state index in [1.54, 1.807) is 24.3 Å². The number of carbonyl (C=O) groups is 1. The van der Waals surface area contributed by atoms with Gasteiger partial charge in [-0.25, -0.2) is 4.79 Å². The van der Waals surface area contributed by atoms with Crippen LogP contribution in [-0.4, -0.2) is 65.4 Å². The van der Waals surface area contributed by atoms with Crippen LogP contribution in [0, 0.1) is 6.92 Å². The molecule has 9 heteroatoms. The van der Waals surface area contributed by atoms with E-state index in [0.717, 1.165) is 16.5 Å². The zero-order chi connectivity index (χ0) is 24.2. The molecule has 2 heterocycles. The highest BCUT2D eigenvalue weighted by Gasteiger charge is 2.45. The Hall–Kier alpha value is -2.69. The Labute approximate surface area is 201 Å². The maximum absolute atomic E-state index is 11.4. The highest BCUT2D eigenvalue weighted by atomic mass is 32.1. The number of hydrogen-bond acceptors (Lipinski definition) is 9. The van der Waals surface area contributed by atoms with Crippen molar-refractivity contribution in [3.05, 3.63) is 64.5 Å². The molecule has 2 aromatic carbocycles. The van der Waals surface area contributed by atoms with E-state index in [9.17, 15) is 20.1 Å². The van der Waals surface area contributed by atoms with Gasteiger partial charge in [-0.05, 0) is 60.4 Å². The summed E-state index contributed by atoms with van der Waals surface area (Å²) in [6.07, 6.45) is -6.96. The molecule has 8 nitrogen and oxygen atoms in total. The molecule has 0 spiro atoms. The van der Waals surface area contributed by atoms with Gasteiger partial charge in [0, 0.05) is 4.70 Å². The number of aliphatic hydroxyl groups is 3. The molecule has 4 rings (SSSR count). The van der Waals surface area contributed by atoms with Crippen LogP contribution in [0.25, 0.3) is 10.1 Å². The van der Waals surface area contributed by atoms with Crippen LogP contribution in [0.4, 0.5) is 4.79 Å². The van der Waals surface area contributed by atoms with Crippen molar-refractivity contribution >= 4 is 27.6 Å². The molecule has 34 heavy (non-hydrogen) atoms. The smallest absolute Gasteiger partial charge is 0.462 e. The van der Waals surface area contributed by atoms with Gasteiger partial charge in [0.25, 0.3) is 0 Å². The minimum absolute atomic E-state index is 0.137. The van der Waals surface area contributed by atoms with Crippen LogP contribution in [0.15, 0.2) is 47.8 Å². The second-order valence-corrected chi connectivity index (χ2v) is 9.12. The Bertz CT molecular complexity index is 1110. The number of aryl methyl sites for hydroxylation is 1.